The number of hydrogen-bond donors (Lipinski definition) is 1. The van der Waals surface area contributed by atoms with Crippen LogP contribution in [-0.2, 0) is 33.1 Å². The van der Waals surface area contributed by atoms with Crippen LogP contribution in [0.1, 0.15) is 61.8 Å². The molecular formula is C22H39NO7Si. The second-order valence-corrected chi connectivity index (χ2v) is 15.6. The standard InChI is InChI=1S/C22H39NO7Si/c1-13(15(24)11-16(25)28-12-29-20(27)21(3,4)5)18-17(19(26)23-18)14(2)30-31(9,10)22(6,7)8/h13-14,17-18H,11-12H2,1-10H3,(H,23,26)/t13-,14+,17+,18-/m0/s1. The summed E-state index contributed by atoms with van der Waals surface area (Å²) in [5, 5.41) is 2.78. The molecule has 1 saturated heterocycles. The molecular weight excluding hydrogens is 418 g/mol. The highest BCUT2D eigenvalue weighted by atomic mass is 28.4. The van der Waals surface area contributed by atoms with E-state index in [-0.39, 0.29) is 22.8 Å². The number of nitrogens with one attached hydrogen (secondary N) is 1. The number of rotatable bonds is 9. The van der Waals surface area contributed by atoms with E-state index in [0.717, 1.165) is 0 Å². The van der Waals surface area contributed by atoms with Gasteiger partial charge in [-0.2, -0.15) is 0 Å². The van der Waals surface area contributed by atoms with Gasteiger partial charge in [0, 0.05) is 5.92 Å². The van der Waals surface area contributed by atoms with E-state index in [9.17, 15) is 19.2 Å². The van der Waals surface area contributed by atoms with Crippen LogP contribution in [0.15, 0.2) is 0 Å². The Bertz CT molecular complexity index is 706. The molecule has 0 aromatic heterocycles. The SMILES string of the molecule is C[C@@H](O[Si](C)(C)C(C)(C)C)[C@H]1C(=O)N[C@H]1[C@@H](C)C(=O)CC(=O)OCOC(=O)C(C)(C)C. The second kappa shape index (κ2) is 9.81. The number of Topliss-reactive ketones (excluding diaryl/α,β-unsaturated/α-hetero) is 1. The van der Waals surface area contributed by atoms with E-state index in [1.807, 2.05) is 6.92 Å². The van der Waals surface area contributed by atoms with E-state index in [0.29, 0.717) is 0 Å². The van der Waals surface area contributed by atoms with E-state index in [1.54, 1.807) is 27.7 Å². The summed E-state index contributed by atoms with van der Waals surface area (Å²) in [4.78, 5) is 48.4. The lowest BCUT2D eigenvalue weighted by molar-refractivity contribution is -0.173. The molecule has 1 amide bonds. The average molecular weight is 458 g/mol. The molecule has 0 unspecified atom stereocenters. The molecule has 9 heteroatoms. The molecule has 0 radical (unpaired) electrons. The van der Waals surface area contributed by atoms with Gasteiger partial charge < -0.3 is 19.2 Å². The Hall–Kier alpha value is -1.74. The maximum absolute atomic E-state index is 12.6. The van der Waals surface area contributed by atoms with Gasteiger partial charge in [-0.05, 0) is 45.8 Å². The molecule has 4 atom stereocenters. The zero-order valence-corrected chi connectivity index (χ0v) is 21.6. The highest BCUT2D eigenvalue weighted by molar-refractivity contribution is 6.74. The molecule has 1 heterocycles. The number of esters is 2. The summed E-state index contributed by atoms with van der Waals surface area (Å²) in [7, 11) is -2.08. The number of carbonyl (C=O) groups is 4. The van der Waals surface area contributed by atoms with Gasteiger partial charge in [-0.3, -0.25) is 19.2 Å². The Labute approximate surface area is 186 Å². The molecule has 0 aromatic rings. The number of ketones is 1. The van der Waals surface area contributed by atoms with E-state index in [1.165, 1.54) is 0 Å². The number of ether oxygens (including phenoxy) is 2. The highest BCUT2D eigenvalue weighted by Crippen LogP contribution is 2.39. The van der Waals surface area contributed by atoms with Gasteiger partial charge in [0.05, 0.1) is 23.5 Å². The minimum Gasteiger partial charge on any atom is -0.428 e. The fourth-order valence-corrected chi connectivity index (χ4v) is 4.42. The molecule has 0 aliphatic carbocycles. The van der Waals surface area contributed by atoms with Gasteiger partial charge in [0.2, 0.25) is 12.7 Å². The summed E-state index contributed by atoms with van der Waals surface area (Å²) in [6.45, 7) is 18.7. The third-order valence-corrected chi connectivity index (χ3v) is 10.8. The van der Waals surface area contributed by atoms with Crippen molar-refractivity contribution in [1.29, 1.82) is 0 Å². The first-order valence-corrected chi connectivity index (χ1v) is 13.6. The molecule has 31 heavy (non-hydrogen) atoms. The molecule has 1 fully saturated rings. The predicted octanol–water partition coefficient (Wildman–Crippen LogP) is 3.20. The fraction of sp³-hybridized carbons (Fsp3) is 0.818. The number of amides is 1. The predicted molar refractivity (Wildman–Crippen MR) is 118 cm³/mol. The van der Waals surface area contributed by atoms with Crippen molar-refractivity contribution in [3.05, 3.63) is 0 Å². The summed E-state index contributed by atoms with van der Waals surface area (Å²) in [6, 6.07) is -0.397. The summed E-state index contributed by atoms with van der Waals surface area (Å²) >= 11 is 0. The van der Waals surface area contributed by atoms with Crippen molar-refractivity contribution < 1.29 is 33.1 Å². The molecule has 0 spiro atoms. The van der Waals surface area contributed by atoms with Crippen molar-refractivity contribution in [1.82, 2.24) is 5.32 Å². The highest BCUT2D eigenvalue weighted by Gasteiger charge is 2.50. The summed E-state index contributed by atoms with van der Waals surface area (Å²) in [5.41, 5.74) is -0.711. The molecule has 0 aromatic carbocycles. The van der Waals surface area contributed by atoms with Crippen LogP contribution in [0.4, 0.5) is 0 Å². The van der Waals surface area contributed by atoms with Crippen LogP contribution in [0.5, 0.6) is 0 Å². The molecule has 178 valence electrons. The minimum atomic E-state index is -2.08. The molecule has 1 aliphatic rings. The first-order chi connectivity index (χ1) is 13.9. The first-order valence-electron chi connectivity index (χ1n) is 10.7. The lowest BCUT2D eigenvalue weighted by Crippen LogP contribution is -2.66. The zero-order chi connectivity index (χ0) is 24.4. The summed E-state index contributed by atoms with van der Waals surface area (Å²) in [5.74, 6) is -2.79. The third kappa shape index (κ3) is 7.13. The Balaban J connectivity index is 2.62. The normalized spacial score (nSPS) is 21.4. The van der Waals surface area contributed by atoms with Crippen LogP contribution in [0.25, 0.3) is 0 Å². The third-order valence-electron chi connectivity index (χ3n) is 6.18. The maximum atomic E-state index is 12.6. The van der Waals surface area contributed by atoms with Crippen LogP contribution in [0, 0.1) is 17.3 Å². The molecule has 8 nitrogen and oxygen atoms in total. The monoisotopic (exact) mass is 457 g/mol. The molecule has 1 rings (SSSR count). The van der Waals surface area contributed by atoms with Crippen LogP contribution in [0.3, 0.4) is 0 Å². The van der Waals surface area contributed by atoms with Gasteiger partial charge in [-0.1, -0.05) is 27.7 Å². The smallest absolute Gasteiger partial charge is 0.316 e. The quantitative estimate of drug-likeness (QED) is 0.186. The number of carbonyl (C=O) groups excluding carboxylic acids is 4. The molecule has 0 saturated carbocycles. The van der Waals surface area contributed by atoms with Crippen molar-refractivity contribution in [2.75, 3.05) is 6.79 Å². The van der Waals surface area contributed by atoms with Crippen LogP contribution in [0.2, 0.25) is 18.1 Å². The van der Waals surface area contributed by atoms with Gasteiger partial charge >= 0.3 is 11.9 Å². The number of β-lactam (4-membered cyclic amide) rings is 1. The van der Waals surface area contributed by atoms with Crippen molar-refractivity contribution >= 4 is 31.9 Å². The lowest BCUT2D eigenvalue weighted by atomic mass is 9.77. The average Bonchev–Trinajstić information content (AvgIpc) is 2.56. The molecule has 1 N–H and O–H groups in total. The molecule has 1 aliphatic heterocycles. The Kier molecular flexibility index (Phi) is 8.64. The van der Waals surface area contributed by atoms with Crippen LogP contribution < -0.4 is 5.32 Å². The Morgan fingerprint density at radius 3 is 2.03 bits per heavy atom. The van der Waals surface area contributed by atoms with Crippen molar-refractivity contribution in [3.8, 4) is 0 Å². The minimum absolute atomic E-state index is 0.00137. The van der Waals surface area contributed by atoms with E-state index in [2.05, 4.69) is 39.2 Å². The van der Waals surface area contributed by atoms with Crippen LogP contribution in [-0.4, -0.2) is 50.9 Å². The maximum Gasteiger partial charge on any atom is 0.316 e. The topological polar surface area (TPSA) is 108 Å². The van der Waals surface area contributed by atoms with E-state index >= 15 is 0 Å². The second-order valence-electron chi connectivity index (χ2n) is 10.9. The molecule has 0 bridgehead atoms. The van der Waals surface area contributed by atoms with E-state index in [4.69, 9.17) is 13.9 Å². The van der Waals surface area contributed by atoms with Gasteiger partial charge in [-0.15, -0.1) is 0 Å². The van der Waals surface area contributed by atoms with Gasteiger partial charge in [0.15, 0.2) is 8.32 Å². The zero-order valence-electron chi connectivity index (χ0n) is 20.6. The number of hydrogen-bond acceptors (Lipinski definition) is 7. The first kappa shape index (κ1) is 27.3. The van der Waals surface area contributed by atoms with Gasteiger partial charge in [0.25, 0.3) is 0 Å². The van der Waals surface area contributed by atoms with Crippen molar-refractivity contribution in [3.63, 3.8) is 0 Å². The summed E-state index contributed by atoms with van der Waals surface area (Å²) < 4.78 is 16.1. The van der Waals surface area contributed by atoms with Crippen molar-refractivity contribution in [2.24, 2.45) is 17.3 Å². The lowest BCUT2D eigenvalue weighted by Gasteiger charge is -2.46. The largest absolute Gasteiger partial charge is 0.428 e. The van der Waals surface area contributed by atoms with Gasteiger partial charge in [0.1, 0.15) is 12.2 Å². The van der Waals surface area contributed by atoms with E-state index < -0.39 is 56.8 Å². The Morgan fingerprint density at radius 1 is 1.03 bits per heavy atom. The summed E-state index contributed by atoms with van der Waals surface area (Å²) in [6.07, 6.45) is -0.788. The fourth-order valence-electron chi connectivity index (χ4n) is 2.99. The van der Waals surface area contributed by atoms with Gasteiger partial charge in [-0.25, -0.2) is 0 Å². The van der Waals surface area contributed by atoms with Crippen molar-refractivity contribution in [2.45, 2.75) is 92.1 Å². The Morgan fingerprint density at radius 2 is 1.58 bits per heavy atom. The van der Waals surface area contributed by atoms with Crippen LogP contribution >= 0.6 is 0 Å².